The van der Waals surface area contributed by atoms with Gasteiger partial charge in [-0.25, -0.2) is 9.59 Å². The van der Waals surface area contributed by atoms with E-state index in [1.807, 2.05) is 4.98 Å². The minimum absolute atomic E-state index is 0.167. The van der Waals surface area contributed by atoms with Crippen LogP contribution in [0.1, 0.15) is 12.6 Å². The van der Waals surface area contributed by atoms with E-state index >= 15 is 0 Å². The number of hydrogen-bond acceptors (Lipinski definition) is 4. The molecule has 0 unspecified atom stereocenters. The van der Waals surface area contributed by atoms with Gasteiger partial charge in [0.25, 0.3) is 5.56 Å². The van der Waals surface area contributed by atoms with Gasteiger partial charge in [-0.2, -0.15) is 0 Å². The molecule has 0 fully saturated rings. The molecule has 0 radical (unpaired) electrons. The third-order valence-electron chi connectivity index (χ3n) is 1.62. The van der Waals surface area contributed by atoms with Crippen LogP contribution in [0.5, 0.6) is 5.75 Å². The van der Waals surface area contributed by atoms with E-state index in [-0.39, 0.29) is 17.0 Å². The number of aryl methyl sites for hydroxylation is 1. The SMILES string of the molecule is C=C(C)C(=O)Oc1c(C)[nH]c(=O)[nH]c1=O. The molecule has 0 bridgehead atoms. The molecule has 1 heterocycles. The van der Waals surface area contributed by atoms with E-state index < -0.39 is 17.2 Å². The summed E-state index contributed by atoms with van der Waals surface area (Å²) in [6.07, 6.45) is 0. The lowest BCUT2D eigenvalue weighted by atomic mass is 10.3. The normalized spacial score (nSPS) is 9.73. The summed E-state index contributed by atoms with van der Waals surface area (Å²) in [5, 5.41) is 0. The number of H-pyrrole nitrogens is 2. The molecule has 6 nitrogen and oxygen atoms in total. The van der Waals surface area contributed by atoms with Crippen LogP contribution >= 0.6 is 0 Å². The second-order valence-electron chi connectivity index (χ2n) is 3.03. The van der Waals surface area contributed by atoms with Crippen molar-refractivity contribution in [3.8, 4) is 5.75 Å². The van der Waals surface area contributed by atoms with Gasteiger partial charge in [0.05, 0.1) is 5.69 Å². The Morgan fingerprint density at radius 3 is 2.40 bits per heavy atom. The van der Waals surface area contributed by atoms with Crippen molar-refractivity contribution in [3.63, 3.8) is 0 Å². The van der Waals surface area contributed by atoms with Crippen molar-refractivity contribution in [2.75, 3.05) is 0 Å². The van der Waals surface area contributed by atoms with E-state index in [1.165, 1.54) is 13.8 Å². The van der Waals surface area contributed by atoms with Crippen LogP contribution in [-0.2, 0) is 4.79 Å². The topological polar surface area (TPSA) is 92.0 Å². The minimum Gasteiger partial charge on any atom is -0.415 e. The number of carbonyl (C=O) groups is 1. The summed E-state index contributed by atoms with van der Waals surface area (Å²) in [6, 6.07) is 0. The standard InChI is InChI=1S/C9H10N2O4/c1-4(2)8(13)15-6-5(3)10-9(14)11-7(6)12/h1H2,2-3H3,(H2,10,11,12,14). The highest BCUT2D eigenvalue weighted by molar-refractivity contribution is 5.88. The predicted molar refractivity (Wildman–Crippen MR) is 52.9 cm³/mol. The average molecular weight is 210 g/mol. The Hall–Kier alpha value is -2.11. The highest BCUT2D eigenvalue weighted by atomic mass is 16.5. The smallest absolute Gasteiger partial charge is 0.338 e. The van der Waals surface area contributed by atoms with Crippen LogP contribution in [0.2, 0.25) is 0 Å². The maximum Gasteiger partial charge on any atom is 0.338 e. The van der Waals surface area contributed by atoms with Crippen molar-refractivity contribution in [1.82, 2.24) is 9.97 Å². The van der Waals surface area contributed by atoms with Crippen molar-refractivity contribution in [2.24, 2.45) is 0 Å². The number of hydrogen-bond donors (Lipinski definition) is 2. The first-order valence-electron chi connectivity index (χ1n) is 4.12. The van der Waals surface area contributed by atoms with Gasteiger partial charge >= 0.3 is 11.7 Å². The fourth-order valence-corrected chi connectivity index (χ4v) is 0.891. The van der Waals surface area contributed by atoms with Crippen LogP contribution in [0, 0.1) is 6.92 Å². The lowest BCUT2D eigenvalue weighted by molar-refractivity contribution is -0.130. The summed E-state index contributed by atoms with van der Waals surface area (Å²) in [4.78, 5) is 37.4. The van der Waals surface area contributed by atoms with Crippen LogP contribution in [0.4, 0.5) is 0 Å². The molecule has 0 saturated heterocycles. The average Bonchev–Trinajstić information content (AvgIpc) is 2.10. The van der Waals surface area contributed by atoms with Crippen LogP contribution in [0.3, 0.4) is 0 Å². The monoisotopic (exact) mass is 210 g/mol. The Kier molecular flexibility index (Phi) is 2.89. The predicted octanol–water partition coefficient (Wildman–Crippen LogP) is -0.147. The third-order valence-corrected chi connectivity index (χ3v) is 1.62. The zero-order chi connectivity index (χ0) is 11.6. The maximum absolute atomic E-state index is 11.2. The molecule has 0 aliphatic heterocycles. The quantitative estimate of drug-likeness (QED) is 0.524. The number of carbonyl (C=O) groups excluding carboxylic acids is 1. The number of rotatable bonds is 2. The minimum atomic E-state index is -0.745. The third kappa shape index (κ3) is 2.43. The molecule has 0 saturated carbocycles. The number of aromatic nitrogens is 2. The van der Waals surface area contributed by atoms with Gasteiger partial charge in [-0.15, -0.1) is 0 Å². The first-order valence-corrected chi connectivity index (χ1v) is 4.12. The van der Waals surface area contributed by atoms with Crippen LogP contribution in [0.15, 0.2) is 21.7 Å². The Balaban J connectivity index is 3.17. The van der Waals surface area contributed by atoms with E-state index in [4.69, 9.17) is 4.74 Å². The first-order chi connectivity index (χ1) is 6.91. The molecule has 0 spiro atoms. The molecular weight excluding hydrogens is 200 g/mol. The fraction of sp³-hybridized carbons (Fsp3) is 0.222. The van der Waals surface area contributed by atoms with Crippen LogP contribution in [0.25, 0.3) is 0 Å². The summed E-state index contributed by atoms with van der Waals surface area (Å²) in [5.74, 6) is -0.932. The second-order valence-corrected chi connectivity index (χ2v) is 3.03. The number of esters is 1. The molecule has 6 heteroatoms. The summed E-state index contributed by atoms with van der Waals surface area (Å²) >= 11 is 0. The van der Waals surface area contributed by atoms with E-state index in [2.05, 4.69) is 11.6 Å². The highest BCUT2D eigenvalue weighted by Crippen LogP contribution is 2.07. The van der Waals surface area contributed by atoms with E-state index in [1.54, 1.807) is 0 Å². The van der Waals surface area contributed by atoms with Crippen molar-refractivity contribution in [2.45, 2.75) is 13.8 Å². The molecule has 0 aromatic carbocycles. The molecule has 80 valence electrons. The van der Waals surface area contributed by atoms with Gasteiger partial charge in [-0.05, 0) is 13.8 Å². The Bertz CT molecular complexity index is 524. The van der Waals surface area contributed by atoms with Gasteiger partial charge in [-0.1, -0.05) is 6.58 Å². The second kappa shape index (κ2) is 3.95. The molecule has 0 atom stereocenters. The van der Waals surface area contributed by atoms with Gasteiger partial charge in [0.1, 0.15) is 0 Å². The van der Waals surface area contributed by atoms with E-state index in [0.29, 0.717) is 0 Å². The van der Waals surface area contributed by atoms with Gasteiger partial charge in [0.2, 0.25) is 5.75 Å². The zero-order valence-electron chi connectivity index (χ0n) is 8.34. The lowest BCUT2D eigenvalue weighted by Gasteiger charge is -2.04. The van der Waals surface area contributed by atoms with Gasteiger partial charge in [-0.3, -0.25) is 9.78 Å². The van der Waals surface area contributed by atoms with E-state index in [9.17, 15) is 14.4 Å². The molecular formula is C9H10N2O4. The first kappa shape index (κ1) is 11.0. The number of aromatic amines is 2. The summed E-state index contributed by atoms with van der Waals surface area (Å²) in [7, 11) is 0. The Morgan fingerprint density at radius 1 is 1.33 bits per heavy atom. The summed E-state index contributed by atoms with van der Waals surface area (Å²) in [5.41, 5.74) is -1.03. The van der Waals surface area contributed by atoms with Gasteiger partial charge in [0.15, 0.2) is 0 Å². The number of nitrogens with one attached hydrogen (secondary N) is 2. The molecule has 0 amide bonds. The van der Waals surface area contributed by atoms with E-state index in [0.717, 1.165) is 0 Å². The van der Waals surface area contributed by atoms with Crippen molar-refractivity contribution >= 4 is 5.97 Å². The molecule has 1 aromatic rings. The summed E-state index contributed by atoms with van der Waals surface area (Å²) in [6.45, 7) is 6.28. The Labute approximate surface area is 84.6 Å². The summed E-state index contributed by atoms with van der Waals surface area (Å²) < 4.78 is 4.74. The van der Waals surface area contributed by atoms with Gasteiger partial charge < -0.3 is 9.72 Å². The van der Waals surface area contributed by atoms with Crippen molar-refractivity contribution < 1.29 is 9.53 Å². The zero-order valence-corrected chi connectivity index (χ0v) is 8.34. The van der Waals surface area contributed by atoms with Crippen molar-refractivity contribution in [3.05, 3.63) is 38.7 Å². The molecule has 1 aromatic heterocycles. The van der Waals surface area contributed by atoms with Gasteiger partial charge in [0, 0.05) is 5.57 Å². The fourth-order valence-electron chi connectivity index (χ4n) is 0.891. The molecule has 1 rings (SSSR count). The molecule has 0 aliphatic rings. The number of ether oxygens (including phenoxy) is 1. The Morgan fingerprint density at radius 2 is 1.93 bits per heavy atom. The van der Waals surface area contributed by atoms with Crippen LogP contribution < -0.4 is 16.0 Å². The lowest BCUT2D eigenvalue weighted by Crippen LogP contribution is -2.26. The molecule has 2 N–H and O–H groups in total. The molecule has 0 aliphatic carbocycles. The largest absolute Gasteiger partial charge is 0.415 e. The van der Waals surface area contributed by atoms with Crippen molar-refractivity contribution in [1.29, 1.82) is 0 Å². The highest BCUT2D eigenvalue weighted by Gasteiger charge is 2.12. The molecule has 15 heavy (non-hydrogen) atoms. The maximum atomic E-state index is 11.2. The van der Waals surface area contributed by atoms with Crippen LogP contribution in [-0.4, -0.2) is 15.9 Å².